The summed E-state index contributed by atoms with van der Waals surface area (Å²) in [7, 11) is 2.10. The summed E-state index contributed by atoms with van der Waals surface area (Å²) in [6.07, 6.45) is 0.122. The second kappa shape index (κ2) is 7.75. The first kappa shape index (κ1) is 18.1. The molecule has 2 heterocycles. The van der Waals surface area contributed by atoms with Gasteiger partial charge in [-0.3, -0.25) is 4.90 Å². The smallest absolute Gasteiger partial charge is 0.143 e. The third kappa shape index (κ3) is 3.87. The summed E-state index contributed by atoms with van der Waals surface area (Å²) >= 11 is 6.43. The molecule has 1 aromatic heterocycles. The number of hydrogen-bond acceptors (Lipinski definition) is 4. The van der Waals surface area contributed by atoms with Gasteiger partial charge in [-0.1, -0.05) is 41.9 Å². The van der Waals surface area contributed by atoms with Crippen LogP contribution < -0.4 is 9.64 Å². The second-order valence-corrected chi connectivity index (χ2v) is 7.43. The molecule has 1 aliphatic rings. The van der Waals surface area contributed by atoms with Gasteiger partial charge < -0.3 is 9.64 Å². The maximum absolute atomic E-state index is 6.43. The van der Waals surface area contributed by atoms with Crippen molar-refractivity contribution in [1.82, 2.24) is 9.88 Å². The molecular formula is C22H24ClN3O. The van der Waals surface area contributed by atoms with Crippen molar-refractivity contribution in [3.63, 3.8) is 0 Å². The molecule has 5 heteroatoms. The molecule has 27 heavy (non-hydrogen) atoms. The molecule has 4 rings (SSSR count). The summed E-state index contributed by atoms with van der Waals surface area (Å²) in [5.41, 5.74) is 3.15. The van der Waals surface area contributed by atoms with E-state index in [1.807, 2.05) is 30.3 Å². The van der Waals surface area contributed by atoms with Crippen molar-refractivity contribution in [3.8, 4) is 5.75 Å². The van der Waals surface area contributed by atoms with Crippen molar-refractivity contribution in [2.75, 3.05) is 31.6 Å². The fourth-order valence-corrected chi connectivity index (χ4v) is 3.93. The summed E-state index contributed by atoms with van der Waals surface area (Å²) in [5.74, 6) is 0.967. The Hall–Kier alpha value is -2.30. The van der Waals surface area contributed by atoms with E-state index in [0.29, 0.717) is 5.15 Å². The number of rotatable bonds is 5. The van der Waals surface area contributed by atoms with Gasteiger partial charge in [0.05, 0.1) is 17.7 Å². The number of likely N-dealkylation sites (N-methyl/N-ethyl adjacent to an activating group) is 2. The molecule has 1 aliphatic heterocycles. The Morgan fingerprint density at radius 3 is 2.81 bits per heavy atom. The highest BCUT2D eigenvalue weighted by atomic mass is 35.5. The van der Waals surface area contributed by atoms with E-state index in [1.165, 1.54) is 5.69 Å². The Balaban J connectivity index is 1.47. The molecule has 0 fully saturated rings. The Morgan fingerprint density at radius 1 is 1.19 bits per heavy atom. The lowest BCUT2D eigenvalue weighted by atomic mass is 10.1. The number of para-hydroxylation sites is 3. The number of pyridine rings is 1. The minimum atomic E-state index is 0.122. The molecule has 1 unspecified atom stereocenters. The van der Waals surface area contributed by atoms with Crippen LogP contribution in [0, 0.1) is 0 Å². The Kier molecular flexibility index (Phi) is 5.19. The molecule has 4 nitrogen and oxygen atoms in total. The fourth-order valence-electron chi connectivity index (χ4n) is 3.72. The molecule has 0 saturated carbocycles. The Bertz CT molecular complexity index is 946. The van der Waals surface area contributed by atoms with Crippen LogP contribution in [-0.2, 0) is 6.54 Å². The van der Waals surface area contributed by atoms with Gasteiger partial charge in [-0.25, -0.2) is 4.98 Å². The van der Waals surface area contributed by atoms with E-state index in [4.69, 9.17) is 16.3 Å². The normalized spacial score (nSPS) is 16.4. The van der Waals surface area contributed by atoms with E-state index in [2.05, 4.69) is 53.0 Å². The minimum absolute atomic E-state index is 0.122. The van der Waals surface area contributed by atoms with E-state index in [-0.39, 0.29) is 6.10 Å². The van der Waals surface area contributed by atoms with Gasteiger partial charge in [0.1, 0.15) is 17.0 Å². The Morgan fingerprint density at radius 2 is 1.96 bits per heavy atom. The number of fused-ring (bicyclic) bond motifs is 2. The molecule has 3 aromatic rings. The van der Waals surface area contributed by atoms with Gasteiger partial charge in [-0.15, -0.1) is 0 Å². The van der Waals surface area contributed by atoms with Crippen LogP contribution in [0.2, 0.25) is 5.15 Å². The van der Waals surface area contributed by atoms with Gasteiger partial charge >= 0.3 is 0 Å². The summed E-state index contributed by atoms with van der Waals surface area (Å²) < 4.78 is 6.24. The van der Waals surface area contributed by atoms with Gasteiger partial charge in [0.25, 0.3) is 0 Å². The third-order valence-electron chi connectivity index (χ3n) is 5.01. The second-order valence-electron chi connectivity index (χ2n) is 7.07. The van der Waals surface area contributed by atoms with Crippen molar-refractivity contribution >= 4 is 28.2 Å². The van der Waals surface area contributed by atoms with Gasteiger partial charge in [0.15, 0.2) is 0 Å². The summed E-state index contributed by atoms with van der Waals surface area (Å²) in [5, 5.41) is 1.69. The largest absolute Gasteiger partial charge is 0.485 e. The van der Waals surface area contributed by atoms with Crippen LogP contribution in [0.4, 0.5) is 5.69 Å². The number of aromatic nitrogens is 1. The van der Waals surface area contributed by atoms with Crippen molar-refractivity contribution in [2.24, 2.45) is 0 Å². The highest BCUT2D eigenvalue weighted by molar-refractivity contribution is 6.30. The molecule has 0 amide bonds. The molecule has 2 aromatic carbocycles. The Labute approximate surface area is 165 Å². The predicted molar refractivity (Wildman–Crippen MR) is 112 cm³/mol. The van der Waals surface area contributed by atoms with E-state index in [0.717, 1.165) is 48.4 Å². The molecule has 1 atom stereocenters. The topological polar surface area (TPSA) is 28.6 Å². The van der Waals surface area contributed by atoms with Crippen molar-refractivity contribution in [1.29, 1.82) is 0 Å². The van der Waals surface area contributed by atoms with E-state index < -0.39 is 0 Å². The molecule has 0 aliphatic carbocycles. The number of benzene rings is 2. The first-order chi connectivity index (χ1) is 13.1. The molecule has 0 radical (unpaired) electrons. The molecule has 140 valence electrons. The first-order valence-corrected chi connectivity index (χ1v) is 9.75. The van der Waals surface area contributed by atoms with Crippen LogP contribution in [0.1, 0.15) is 12.5 Å². The number of ether oxygens (including phenoxy) is 1. The fraction of sp³-hybridized carbons (Fsp3) is 0.318. The average molecular weight is 382 g/mol. The average Bonchev–Trinajstić information content (AvgIpc) is 2.68. The number of anilines is 1. The van der Waals surface area contributed by atoms with Gasteiger partial charge in [0.2, 0.25) is 0 Å². The van der Waals surface area contributed by atoms with Crippen molar-refractivity contribution in [2.45, 2.75) is 19.6 Å². The zero-order valence-corrected chi connectivity index (χ0v) is 16.5. The van der Waals surface area contributed by atoms with Crippen LogP contribution in [0.15, 0.2) is 54.6 Å². The predicted octanol–water partition coefficient (Wildman–Crippen LogP) is 4.61. The monoisotopic (exact) mass is 381 g/mol. The van der Waals surface area contributed by atoms with Crippen LogP contribution in [0.3, 0.4) is 0 Å². The number of nitrogens with zero attached hydrogens (tertiary/aromatic N) is 3. The number of halogens is 1. The lowest BCUT2D eigenvalue weighted by molar-refractivity contribution is 0.140. The molecule has 0 bridgehead atoms. The molecule has 0 N–H and O–H groups in total. The van der Waals surface area contributed by atoms with Crippen LogP contribution in [0.25, 0.3) is 10.9 Å². The maximum Gasteiger partial charge on any atom is 0.143 e. The van der Waals surface area contributed by atoms with Gasteiger partial charge in [0, 0.05) is 30.6 Å². The van der Waals surface area contributed by atoms with E-state index >= 15 is 0 Å². The molecular weight excluding hydrogens is 358 g/mol. The zero-order chi connectivity index (χ0) is 18.8. The first-order valence-electron chi connectivity index (χ1n) is 9.37. The molecule has 0 saturated heterocycles. The zero-order valence-electron chi connectivity index (χ0n) is 15.7. The van der Waals surface area contributed by atoms with Gasteiger partial charge in [-0.05, 0) is 38.2 Å². The highest BCUT2D eigenvalue weighted by Crippen LogP contribution is 2.33. The SMILES string of the molecule is CCN1CC(CN(C)Cc2cc3ccccc3nc2Cl)Oc2ccccc21. The maximum atomic E-state index is 6.43. The van der Waals surface area contributed by atoms with Crippen molar-refractivity contribution in [3.05, 3.63) is 65.3 Å². The third-order valence-corrected chi connectivity index (χ3v) is 5.34. The lowest BCUT2D eigenvalue weighted by Crippen LogP contribution is -2.45. The minimum Gasteiger partial charge on any atom is -0.485 e. The quantitative estimate of drug-likeness (QED) is 0.603. The van der Waals surface area contributed by atoms with E-state index in [9.17, 15) is 0 Å². The summed E-state index contributed by atoms with van der Waals surface area (Å²) in [6, 6.07) is 18.5. The van der Waals surface area contributed by atoms with E-state index in [1.54, 1.807) is 0 Å². The van der Waals surface area contributed by atoms with Crippen LogP contribution in [0.5, 0.6) is 5.75 Å². The van der Waals surface area contributed by atoms with Crippen LogP contribution in [-0.4, -0.2) is 42.7 Å². The standard InChI is InChI=1S/C22H24ClN3O/c1-3-26-15-18(27-21-11-7-6-10-20(21)26)14-25(2)13-17-12-16-8-4-5-9-19(16)24-22(17)23/h4-12,18H,3,13-15H2,1-2H3. The summed E-state index contributed by atoms with van der Waals surface area (Å²) in [4.78, 5) is 9.16. The molecule has 0 spiro atoms. The highest BCUT2D eigenvalue weighted by Gasteiger charge is 2.25. The van der Waals surface area contributed by atoms with Crippen LogP contribution >= 0.6 is 11.6 Å². The van der Waals surface area contributed by atoms with Gasteiger partial charge in [-0.2, -0.15) is 0 Å². The number of hydrogen-bond donors (Lipinski definition) is 0. The lowest BCUT2D eigenvalue weighted by Gasteiger charge is -2.37. The summed E-state index contributed by atoms with van der Waals surface area (Å²) in [6.45, 7) is 5.62. The van der Waals surface area contributed by atoms with Crippen molar-refractivity contribution < 1.29 is 4.74 Å².